The number of esters is 1. The minimum Gasteiger partial charge on any atom is -0.482 e. The number of benzene rings is 3. The average Bonchev–Trinajstić information content (AvgIpc) is 2.73. The highest BCUT2D eigenvalue weighted by Crippen LogP contribution is 2.22. The number of hydrogen-bond acceptors (Lipinski definition) is 4. The lowest BCUT2D eigenvalue weighted by molar-refractivity contribution is -0.136. The second-order valence-corrected chi connectivity index (χ2v) is 6.84. The standard InChI is InChI=1S/C23H15Cl2NO3/c24-19-6-4-17(5-7-19)18(14-26)12-16-2-1-3-22(13-16)29-23(27)15-28-21-10-8-20(25)9-11-21/h1-13H,15H2/b18-12-. The first-order chi connectivity index (χ1) is 14.0. The zero-order chi connectivity index (χ0) is 20.6. The van der Waals surface area contributed by atoms with Crippen molar-refractivity contribution in [3.05, 3.63) is 94.0 Å². The molecule has 3 aromatic rings. The van der Waals surface area contributed by atoms with Crippen molar-refractivity contribution in [1.29, 1.82) is 5.26 Å². The first-order valence-electron chi connectivity index (χ1n) is 8.60. The monoisotopic (exact) mass is 423 g/mol. The van der Waals surface area contributed by atoms with Crippen LogP contribution in [-0.2, 0) is 4.79 Å². The molecule has 0 saturated heterocycles. The second-order valence-electron chi connectivity index (χ2n) is 5.97. The summed E-state index contributed by atoms with van der Waals surface area (Å²) in [5.41, 5.74) is 1.94. The Morgan fingerprint density at radius 1 is 0.931 bits per heavy atom. The van der Waals surface area contributed by atoms with Gasteiger partial charge in [-0.1, -0.05) is 47.5 Å². The molecule has 0 radical (unpaired) electrons. The molecule has 6 heteroatoms. The summed E-state index contributed by atoms with van der Waals surface area (Å²) in [5, 5.41) is 10.6. The number of allylic oxidation sites excluding steroid dienone is 1. The normalized spacial score (nSPS) is 10.9. The topological polar surface area (TPSA) is 59.3 Å². The fourth-order valence-corrected chi connectivity index (χ4v) is 2.73. The SMILES string of the molecule is N#C/C(=C/c1cccc(OC(=O)COc2ccc(Cl)cc2)c1)c1ccc(Cl)cc1. The highest BCUT2D eigenvalue weighted by Gasteiger charge is 2.08. The lowest BCUT2D eigenvalue weighted by Gasteiger charge is -2.07. The molecule has 0 heterocycles. The zero-order valence-corrected chi connectivity index (χ0v) is 16.7. The number of nitrogens with zero attached hydrogens (tertiary/aromatic N) is 1. The van der Waals surface area contributed by atoms with Gasteiger partial charge in [-0.2, -0.15) is 5.26 Å². The van der Waals surface area contributed by atoms with Crippen LogP contribution in [0.4, 0.5) is 0 Å². The van der Waals surface area contributed by atoms with Gasteiger partial charge in [-0.15, -0.1) is 0 Å². The van der Waals surface area contributed by atoms with Gasteiger partial charge in [0.2, 0.25) is 0 Å². The second kappa shape index (κ2) is 9.79. The van der Waals surface area contributed by atoms with Crippen molar-refractivity contribution < 1.29 is 14.3 Å². The van der Waals surface area contributed by atoms with Gasteiger partial charge in [0.1, 0.15) is 11.5 Å². The molecule has 0 aromatic heterocycles. The van der Waals surface area contributed by atoms with Crippen LogP contribution >= 0.6 is 23.2 Å². The molecule has 0 aliphatic heterocycles. The molecule has 0 unspecified atom stereocenters. The predicted molar refractivity (Wildman–Crippen MR) is 114 cm³/mol. The Kier molecular flexibility index (Phi) is 6.91. The van der Waals surface area contributed by atoms with Crippen LogP contribution in [0.3, 0.4) is 0 Å². The van der Waals surface area contributed by atoms with Gasteiger partial charge in [-0.25, -0.2) is 4.79 Å². The molecular weight excluding hydrogens is 409 g/mol. The maximum absolute atomic E-state index is 12.0. The zero-order valence-electron chi connectivity index (χ0n) is 15.1. The summed E-state index contributed by atoms with van der Waals surface area (Å²) in [6, 6.07) is 22.7. The number of nitriles is 1. The molecule has 0 spiro atoms. The third kappa shape index (κ3) is 6.11. The summed E-state index contributed by atoms with van der Waals surface area (Å²) in [6.07, 6.45) is 1.71. The van der Waals surface area contributed by atoms with Gasteiger partial charge in [0.05, 0.1) is 11.6 Å². The molecule has 29 heavy (non-hydrogen) atoms. The third-order valence-electron chi connectivity index (χ3n) is 3.85. The van der Waals surface area contributed by atoms with E-state index in [2.05, 4.69) is 6.07 Å². The van der Waals surface area contributed by atoms with E-state index in [4.69, 9.17) is 32.7 Å². The molecule has 0 aliphatic carbocycles. The Bertz CT molecular complexity index is 1070. The quantitative estimate of drug-likeness (QED) is 0.209. The van der Waals surface area contributed by atoms with Crippen molar-refractivity contribution in [2.75, 3.05) is 6.61 Å². The van der Waals surface area contributed by atoms with E-state index in [1.807, 2.05) is 6.07 Å². The first kappa shape index (κ1) is 20.5. The molecule has 0 atom stereocenters. The smallest absolute Gasteiger partial charge is 0.349 e. The van der Waals surface area contributed by atoms with Crippen molar-refractivity contribution in [3.8, 4) is 17.6 Å². The fraction of sp³-hybridized carbons (Fsp3) is 0.0435. The van der Waals surface area contributed by atoms with Crippen LogP contribution in [0.25, 0.3) is 11.6 Å². The number of rotatable bonds is 6. The number of ether oxygens (including phenoxy) is 2. The van der Waals surface area contributed by atoms with Crippen molar-refractivity contribution >= 4 is 40.8 Å². The molecular formula is C23H15Cl2NO3. The minimum absolute atomic E-state index is 0.240. The Morgan fingerprint density at radius 2 is 1.59 bits per heavy atom. The minimum atomic E-state index is -0.542. The Labute approximate surface area is 178 Å². The highest BCUT2D eigenvalue weighted by molar-refractivity contribution is 6.30. The number of halogens is 2. The molecule has 0 saturated carbocycles. The largest absolute Gasteiger partial charge is 0.482 e. The van der Waals surface area contributed by atoms with E-state index in [9.17, 15) is 10.1 Å². The van der Waals surface area contributed by atoms with Crippen LogP contribution in [0.1, 0.15) is 11.1 Å². The lowest BCUT2D eigenvalue weighted by Crippen LogP contribution is -2.17. The van der Waals surface area contributed by atoms with Crippen LogP contribution in [0.15, 0.2) is 72.8 Å². The van der Waals surface area contributed by atoms with E-state index in [-0.39, 0.29) is 6.61 Å². The van der Waals surface area contributed by atoms with Gasteiger partial charge in [0.15, 0.2) is 6.61 Å². The van der Waals surface area contributed by atoms with Crippen molar-refractivity contribution in [3.63, 3.8) is 0 Å². The lowest BCUT2D eigenvalue weighted by atomic mass is 10.0. The van der Waals surface area contributed by atoms with Crippen molar-refractivity contribution in [2.45, 2.75) is 0 Å². The van der Waals surface area contributed by atoms with Crippen molar-refractivity contribution in [1.82, 2.24) is 0 Å². The van der Waals surface area contributed by atoms with E-state index in [0.29, 0.717) is 27.1 Å². The van der Waals surface area contributed by atoms with E-state index in [1.54, 1.807) is 72.8 Å². The third-order valence-corrected chi connectivity index (χ3v) is 4.35. The van der Waals surface area contributed by atoms with Gasteiger partial charge < -0.3 is 9.47 Å². The number of carbonyl (C=O) groups excluding carboxylic acids is 1. The van der Waals surface area contributed by atoms with Crippen LogP contribution < -0.4 is 9.47 Å². The average molecular weight is 424 g/mol. The number of carbonyl (C=O) groups is 1. The van der Waals surface area contributed by atoms with Crippen LogP contribution in [0.5, 0.6) is 11.5 Å². The van der Waals surface area contributed by atoms with E-state index in [1.165, 1.54) is 0 Å². The summed E-state index contributed by atoms with van der Waals surface area (Å²) in [7, 11) is 0. The van der Waals surface area contributed by atoms with Gasteiger partial charge in [-0.05, 0) is 65.7 Å². The molecule has 144 valence electrons. The molecule has 3 rings (SSSR count). The van der Waals surface area contributed by atoms with E-state index < -0.39 is 5.97 Å². The van der Waals surface area contributed by atoms with Gasteiger partial charge in [0.25, 0.3) is 0 Å². The summed E-state index contributed by atoms with van der Waals surface area (Å²) in [5.74, 6) is 0.334. The Hall–Kier alpha value is -3.26. The van der Waals surface area contributed by atoms with Gasteiger partial charge in [-0.3, -0.25) is 0 Å². The van der Waals surface area contributed by atoms with E-state index in [0.717, 1.165) is 11.1 Å². The maximum Gasteiger partial charge on any atom is 0.349 e. The molecule has 0 fully saturated rings. The van der Waals surface area contributed by atoms with Crippen LogP contribution in [-0.4, -0.2) is 12.6 Å². The molecule has 0 aliphatic rings. The van der Waals surface area contributed by atoms with Gasteiger partial charge in [0, 0.05) is 10.0 Å². The van der Waals surface area contributed by atoms with E-state index >= 15 is 0 Å². The van der Waals surface area contributed by atoms with Gasteiger partial charge >= 0.3 is 5.97 Å². The number of hydrogen-bond donors (Lipinski definition) is 0. The summed E-state index contributed by atoms with van der Waals surface area (Å²) >= 11 is 11.7. The Morgan fingerprint density at radius 3 is 2.24 bits per heavy atom. The molecule has 0 bridgehead atoms. The van der Waals surface area contributed by atoms with Crippen LogP contribution in [0.2, 0.25) is 10.0 Å². The summed E-state index contributed by atoms with van der Waals surface area (Å²) in [6.45, 7) is -0.240. The fourth-order valence-electron chi connectivity index (χ4n) is 2.48. The van der Waals surface area contributed by atoms with Crippen molar-refractivity contribution in [2.24, 2.45) is 0 Å². The maximum atomic E-state index is 12.0. The Balaban J connectivity index is 1.66. The molecule has 0 amide bonds. The van der Waals surface area contributed by atoms with Crippen LogP contribution in [0, 0.1) is 11.3 Å². The summed E-state index contributed by atoms with van der Waals surface area (Å²) in [4.78, 5) is 12.0. The molecule has 0 N–H and O–H groups in total. The predicted octanol–water partition coefficient (Wildman–Crippen LogP) is 6.04. The first-order valence-corrected chi connectivity index (χ1v) is 9.36. The summed E-state index contributed by atoms with van der Waals surface area (Å²) < 4.78 is 10.7. The molecule has 4 nitrogen and oxygen atoms in total. The molecule has 3 aromatic carbocycles. The highest BCUT2D eigenvalue weighted by atomic mass is 35.5.